The summed E-state index contributed by atoms with van der Waals surface area (Å²) in [6.45, 7) is 1.65. The van der Waals surface area contributed by atoms with Crippen LogP contribution in [0.5, 0.6) is 0 Å². The molecule has 98 valence electrons. The first kappa shape index (κ1) is 14.0. The molecule has 0 aliphatic heterocycles. The highest BCUT2D eigenvalue weighted by Gasteiger charge is 2.13. The van der Waals surface area contributed by atoms with Gasteiger partial charge >= 0.3 is 0 Å². The minimum atomic E-state index is -0.293. The van der Waals surface area contributed by atoms with E-state index in [-0.39, 0.29) is 28.7 Å². The van der Waals surface area contributed by atoms with Crippen LogP contribution in [0.15, 0.2) is 30.5 Å². The summed E-state index contributed by atoms with van der Waals surface area (Å²) in [5.41, 5.74) is 1.39. The number of halogens is 3. The van der Waals surface area contributed by atoms with Crippen molar-refractivity contribution in [2.75, 3.05) is 0 Å². The topological polar surface area (TPSA) is 30.0 Å². The van der Waals surface area contributed by atoms with Gasteiger partial charge in [0.15, 0.2) is 5.78 Å². The van der Waals surface area contributed by atoms with Crippen LogP contribution in [0.2, 0.25) is 10.0 Å². The third kappa shape index (κ3) is 3.31. The molecule has 2 rings (SSSR count). The second kappa shape index (κ2) is 5.68. The van der Waals surface area contributed by atoms with Crippen molar-refractivity contribution < 1.29 is 9.18 Å². The van der Waals surface area contributed by atoms with Gasteiger partial charge in [0.1, 0.15) is 11.5 Å². The lowest BCUT2D eigenvalue weighted by Gasteiger charge is -2.05. The van der Waals surface area contributed by atoms with Gasteiger partial charge in [-0.05, 0) is 30.2 Å². The number of benzene rings is 1. The molecule has 0 radical (unpaired) electrons. The molecule has 0 N–H and O–H groups in total. The Morgan fingerprint density at radius 2 is 2.05 bits per heavy atom. The summed E-state index contributed by atoms with van der Waals surface area (Å²) in [6, 6.07) is 6.02. The molecule has 0 aliphatic carbocycles. The average Bonchev–Trinajstić information content (AvgIpc) is 2.33. The van der Waals surface area contributed by atoms with Gasteiger partial charge in [0.25, 0.3) is 0 Å². The number of nitrogens with zero attached hydrogens (tertiary/aromatic N) is 1. The van der Waals surface area contributed by atoms with Gasteiger partial charge in [-0.1, -0.05) is 35.3 Å². The Morgan fingerprint density at radius 1 is 1.32 bits per heavy atom. The third-order valence-electron chi connectivity index (χ3n) is 2.66. The van der Waals surface area contributed by atoms with Crippen LogP contribution >= 0.6 is 23.2 Å². The smallest absolute Gasteiger partial charge is 0.187 e. The monoisotopic (exact) mass is 297 g/mol. The van der Waals surface area contributed by atoms with Crippen LogP contribution in [0, 0.1) is 12.7 Å². The van der Waals surface area contributed by atoms with Crippen molar-refractivity contribution >= 4 is 29.0 Å². The van der Waals surface area contributed by atoms with Gasteiger partial charge in [-0.25, -0.2) is 9.37 Å². The number of rotatable bonds is 3. The number of pyridine rings is 1. The van der Waals surface area contributed by atoms with E-state index in [1.807, 2.05) is 0 Å². The molecule has 19 heavy (non-hydrogen) atoms. The van der Waals surface area contributed by atoms with Gasteiger partial charge in [-0.15, -0.1) is 0 Å². The predicted molar refractivity (Wildman–Crippen MR) is 73.4 cm³/mol. The molecule has 1 heterocycles. The van der Waals surface area contributed by atoms with E-state index in [9.17, 15) is 9.18 Å². The molecule has 0 saturated heterocycles. The van der Waals surface area contributed by atoms with E-state index in [1.54, 1.807) is 19.1 Å². The molecule has 2 nitrogen and oxygen atoms in total. The molecule has 0 bridgehead atoms. The minimum absolute atomic E-state index is 0.121. The van der Waals surface area contributed by atoms with Gasteiger partial charge < -0.3 is 0 Å². The van der Waals surface area contributed by atoms with E-state index in [1.165, 1.54) is 18.3 Å². The maximum atomic E-state index is 13.1. The maximum absolute atomic E-state index is 13.1. The SMILES string of the molecule is Cc1cc(CC(=O)c2ncc(Cl)cc2Cl)ccc1F. The Hall–Kier alpha value is -1.45. The first-order valence-electron chi connectivity index (χ1n) is 5.56. The Labute approximate surface area is 120 Å². The van der Waals surface area contributed by atoms with E-state index < -0.39 is 0 Å². The average molecular weight is 298 g/mol. The van der Waals surface area contributed by atoms with Crippen molar-refractivity contribution in [1.82, 2.24) is 4.98 Å². The van der Waals surface area contributed by atoms with Crippen LogP contribution in [0.1, 0.15) is 21.6 Å². The summed E-state index contributed by atoms with van der Waals surface area (Å²) in [5.74, 6) is -0.522. The van der Waals surface area contributed by atoms with Crippen molar-refractivity contribution in [2.24, 2.45) is 0 Å². The molecule has 0 spiro atoms. The second-order valence-corrected chi connectivity index (χ2v) is 5.01. The second-order valence-electron chi connectivity index (χ2n) is 4.17. The zero-order valence-corrected chi connectivity index (χ0v) is 11.6. The van der Waals surface area contributed by atoms with Crippen LogP contribution in [0.4, 0.5) is 4.39 Å². The van der Waals surface area contributed by atoms with Crippen LogP contribution < -0.4 is 0 Å². The number of Topliss-reactive ketones (excluding diaryl/α,β-unsaturated/α-hetero) is 1. The van der Waals surface area contributed by atoms with Gasteiger partial charge in [0, 0.05) is 12.6 Å². The third-order valence-corrected chi connectivity index (χ3v) is 3.15. The van der Waals surface area contributed by atoms with E-state index in [0.29, 0.717) is 10.6 Å². The van der Waals surface area contributed by atoms with Gasteiger partial charge in [-0.3, -0.25) is 4.79 Å². The van der Waals surface area contributed by atoms with E-state index in [2.05, 4.69) is 4.98 Å². The number of ketones is 1. The molecule has 1 aromatic heterocycles. The number of carbonyl (C=O) groups excluding carboxylic acids is 1. The lowest BCUT2D eigenvalue weighted by molar-refractivity contribution is 0.0988. The molecule has 0 aliphatic rings. The maximum Gasteiger partial charge on any atom is 0.187 e. The zero-order chi connectivity index (χ0) is 14.0. The fourth-order valence-corrected chi connectivity index (χ4v) is 2.19. The van der Waals surface area contributed by atoms with Crippen molar-refractivity contribution in [3.63, 3.8) is 0 Å². The Bertz CT molecular complexity index is 643. The van der Waals surface area contributed by atoms with Gasteiger partial charge in [0.05, 0.1) is 10.0 Å². The number of aromatic nitrogens is 1. The standard InChI is InChI=1S/C14H10Cl2FNO/c1-8-4-9(2-3-12(8)17)5-13(19)14-11(16)6-10(15)7-18-14/h2-4,6-7H,5H2,1H3. The Morgan fingerprint density at radius 3 is 2.68 bits per heavy atom. The first-order chi connectivity index (χ1) is 8.97. The molecule has 0 fully saturated rings. The van der Waals surface area contributed by atoms with Crippen LogP contribution in [0.3, 0.4) is 0 Å². The first-order valence-corrected chi connectivity index (χ1v) is 6.32. The highest BCUT2D eigenvalue weighted by atomic mass is 35.5. The summed E-state index contributed by atoms with van der Waals surface area (Å²) >= 11 is 11.6. The Balaban J connectivity index is 2.23. The van der Waals surface area contributed by atoms with Crippen LogP contribution in [-0.4, -0.2) is 10.8 Å². The lowest BCUT2D eigenvalue weighted by atomic mass is 10.0. The number of hydrogen-bond acceptors (Lipinski definition) is 2. The van der Waals surface area contributed by atoms with Crippen LogP contribution in [-0.2, 0) is 6.42 Å². The minimum Gasteiger partial charge on any atom is -0.292 e. The summed E-state index contributed by atoms with van der Waals surface area (Å²) in [7, 11) is 0. The fourth-order valence-electron chi connectivity index (χ4n) is 1.71. The molecule has 0 saturated carbocycles. The molecule has 5 heteroatoms. The highest BCUT2D eigenvalue weighted by molar-refractivity contribution is 6.36. The molecular weight excluding hydrogens is 288 g/mol. The number of carbonyl (C=O) groups is 1. The quantitative estimate of drug-likeness (QED) is 0.792. The largest absolute Gasteiger partial charge is 0.292 e. The predicted octanol–water partition coefficient (Wildman–Crippen LogP) is 4.26. The Kier molecular flexibility index (Phi) is 4.17. The molecule has 0 atom stereocenters. The lowest BCUT2D eigenvalue weighted by Crippen LogP contribution is -2.07. The summed E-state index contributed by atoms with van der Waals surface area (Å²) < 4.78 is 13.1. The molecule has 2 aromatic rings. The summed E-state index contributed by atoms with van der Waals surface area (Å²) in [4.78, 5) is 16.0. The van der Waals surface area contributed by atoms with Crippen LogP contribution in [0.25, 0.3) is 0 Å². The number of hydrogen-bond donors (Lipinski definition) is 0. The highest BCUT2D eigenvalue weighted by Crippen LogP contribution is 2.20. The van der Waals surface area contributed by atoms with E-state index in [4.69, 9.17) is 23.2 Å². The van der Waals surface area contributed by atoms with E-state index in [0.717, 1.165) is 5.56 Å². The van der Waals surface area contributed by atoms with Crippen molar-refractivity contribution in [1.29, 1.82) is 0 Å². The van der Waals surface area contributed by atoms with E-state index >= 15 is 0 Å². The molecular formula is C14H10Cl2FNO. The fraction of sp³-hybridized carbons (Fsp3) is 0.143. The molecule has 0 unspecified atom stereocenters. The summed E-state index contributed by atoms with van der Waals surface area (Å²) in [6.07, 6.45) is 1.49. The van der Waals surface area contributed by atoms with Crippen molar-refractivity contribution in [3.8, 4) is 0 Å². The van der Waals surface area contributed by atoms with Crippen molar-refractivity contribution in [3.05, 3.63) is 63.1 Å². The number of aryl methyl sites for hydroxylation is 1. The molecule has 1 aromatic carbocycles. The summed E-state index contributed by atoms with van der Waals surface area (Å²) in [5, 5.41) is 0.593. The zero-order valence-electron chi connectivity index (χ0n) is 10.1. The van der Waals surface area contributed by atoms with Gasteiger partial charge in [-0.2, -0.15) is 0 Å². The molecule has 0 amide bonds. The normalized spacial score (nSPS) is 10.5. The van der Waals surface area contributed by atoms with Crippen molar-refractivity contribution in [2.45, 2.75) is 13.3 Å². The van der Waals surface area contributed by atoms with Gasteiger partial charge in [0.2, 0.25) is 0 Å².